The predicted molar refractivity (Wildman–Crippen MR) is 222 cm³/mol. The van der Waals surface area contributed by atoms with Crippen molar-refractivity contribution in [3.05, 3.63) is 207 Å². The molecule has 0 saturated carbocycles. The van der Waals surface area contributed by atoms with Gasteiger partial charge < -0.3 is 9.47 Å². The highest BCUT2D eigenvalue weighted by Crippen LogP contribution is 2.51. The van der Waals surface area contributed by atoms with E-state index >= 15 is 0 Å². The molecule has 5 aliphatic carbocycles. The van der Waals surface area contributed by atoms with E-state index in [1.54, 1.807) is 0 Å². The van der Waals surface area contributed by atoms with Gasteiger partial charge in [-0.2, -0.15) is 0 Å². The largest absolute Gasteiger partial charge is 0.314 e. The van der Waals surface area contributed by atoms with Crippen LogP contribution in [0.2, 0.25) is 0 Å². The Morgan fingerprint density at radius 2 is 1.53 bits per heavy atom. The average molecular weight is 681 g/mol. The highest BCUT2D eigenvalue weighted by molar-refractivity contribution is 6.06. The van der Waals surface area contributed by atoms with Crippen LogP contribution in [-0.4, -0.2) is 4.57 Å². The number of nitrogens with zero attached hydrogens (tertiary/aromatic N) is 2. The highest BCUT2D eigenvalue weighted by atomic mass is 15.2. The molecule has 0 radical (unpaired) electrons. The molecule has 3 atom stereocenters. The fraction of sp³-hybridized carbons (Fsp3) is 0.137. The molecule has 3 unspecified atom stereocenters. The fourth-order valence-corrected chi connectivity index (χ4v) is 9.72. The maximum Gasteiger partial charge on any atom is 0.0537 e. The van der Waals surface area contributed by atoms with Crippen LogP contribution in [0, 0.1) is 11.8 Å². The van der Waals surface area contributed by atoms with E-state index in [4.69, 9.17) is 0 Å². The summed E-state index contributed by atoms with van der Waals surface area (Å²) in [5.74, 6) is 1.28. The Balaban J connectivity index is 1.10. The van der Waals surface area contributed by atoms with Gasteiger partial charge in [-0.25, -0.2) is 0 Å². The zero-order valence-corrected chi connectivity index (χ0v) is 29.9. The lowest BCUT2D eigenvalue weighted by atomic mass is 9.75. The van der Waals surface area contributed by atoms with Crippen molar-refractivity contribution in [3.63, 3.8) is 0 Å². The quantitative estimate of drug-likeness (QED) is 0.176. The van der Waals surface area contributed by atoms with E-state index in [0.717, 1.165) is 19.3 Å². The molecule has 0 aliphatic heterocycles. The normalized spacial score (nSPS) is 20.4. The van der Waals surface area contributed by atoms with E-state index in [-0.39, 0.29) is 0 Å². The topological polar surface area (TPSA) is 8.17 Å². The number of benzene rings is 5. The molecule has 11 rings (SSSR count). The number of hydrogen-bond donors (Lipinski definition) is 0. The minimum Gasteiger partial charge on any atom is -0.314 e. The molecule has 1 aromatic heterocycles. The second-order valence-electron chi connectivity index (χ2n) is 15.2. The van der Waals surface area contributed by atoms with Crippen LogP contribution in [0.1, 0.15) is 53.6 Å². The molecule has 0 amide bonds. The van der Waals surface area contributed by atoms with Gasteiger partial charge in [-0.1, -0.05) is 128 Å². The second-order valence-corrected chi connectivity index (χ2v) is 15.2. The van der Waals surface area contributed by atoms with Crippen molar-refractivity contribution in [3.8, 4) is 5.69 Å². The molecule has 5 aromatic carbocycles. The standard InChI is InChI=1S/C51H40N2/c1-33-20-27-43-46-31-39(25-28-44(46)50-41-17-9-8-14-36(41)30-45(33)51(43)50)52(38-23-21-35(22-24-38)34-12-4-2-5-13-34)40-26-29-49-47(32-40)42-18-10-11-19-48(42)53(49)37-15-6-3-7-16-37/h2-12,14-25,27-28,30-34,45H,13,26,29H2,1H3. The van der Waals surface area contributed by atoms with Gasteiger partial charge in [0.2, 0.25) is 0 Å². The minimum atomic E-state index is 0.393. The van der Waals surface area contributed by atoms with E-state index in [0.29, 0.717) is 17.8 Å². The summed E-state index contributed by atoms with van der Waals surface area (Å²) >= 11 is 0. The van der Waals surface area contributed by atoms with Crippen molar-refractivity contribution < 1.29 is 0 Å². The van der Waals surface area contributed by atoms with Gasteiger partial charge in [0, 0.05) is 51.2 Å². The van der Waals surface area contributed by atoms with Crippen LogP contribution >= 0.6 is 0 Å². The molecular weight excluding hydrogens is 641 g/mol. The average Bonchev–Trinajstić information content (AvgIpc) is 3.73. The third kappa shape index (κ3) is 4.71. The van der Waals surface area contributed by atoms with Gasteiger partial charge in [0.1, 0.15) is 0 Å². The van der Waals surface area contributed by atoms with Gasteiger partial charge in [-0.05, 0) is 118 Å². The number of fused-ring (bicyclic) bond motifs is 7. The molecule has 2 heteroatoms. The molecule has 2 nitrogen and oxygen atoms in total. The maximum atomic E-state index is 2.54. The molecule has 0 spiro atoms. The van der Waals surface area contributed by atoms with Crippen molar-refractivity contribution in [2.75, 3.05) is 4.90 Å². The van der Waals surface area contributed by atoms with Crippen molar-refractivity contribution >= 4 is 45.6 Å². The third-order valence-electron chi connectivity index (χ3n) is 12.2. The van der Waals surface area contributed by atoms with E-state index in [2.05, 4.69) is 186 Å². The fourth-order valence-electron chi connectivity index (χ4n) is 9.72. The summed E-state index contributed by atoms with van der Waals surface area (Å²) in [7, 11) is 0. The van der Waals surface area contributed by atoms with E-state index in [9.17, 15) is 0 Å². The first-order valence-corrected chi connectivity index (χ1v) is 19.2. The summed E-state index contributed by atoms with van der Waals surface area (Å²) < 4.78 is 2.48. The molecule has 6 aromatic rings. The van der Waals surface area contributed by atoms with Crippen LogP contribution in [-0.2, 0) is 6.42 Å². The SMILES string of the molecule is CC1C=CC2=C3C(=c4ccccc4=CC31)c1ccc(N(C3=Cc4c(n(-c5ccccc5)c5ccccc45)CC3)c3ccc(C4C=CC=CC4)cc3)cc12. The van der Waals surface area contributed by atoms with Crippen molar-refractivity contribution in [2.24, 2.45) is 11.8 Å². The van der Waals surface area contributed by atoms with Crippen LogP contribution in [0.3, 0.4) is 0 Å². The van der Waals surface area contributed by atoms with Crippen LogP contribution in [0.25, 0.3) is 39.9 Å². The lowest BCUT2D eigenvalue weighted by molar-refractivity contribution is 0.615. The third-order valence-corrected chi connectivity index (χ3v) is 12.2. The minimum absolute atomic E-state index is 0.393. The van der Waals surface area contributed by atoms with E-state index < -0.39 is 0 Å². The Bertz CT molecular complexity index is 2770. The molecule has 0 saturated heterocycles. The van der Waals surface area contributed by atoms with Gasteiger partial charge in [-0.15, -0.1) is 0 Å². The summed E-state index contributed by atoms with van der Waals surface area (Å²) in [6.45, 7) is 2.37. The Morgan fingerprint density at radius 1 is 0.717 bits per heavy atom. The number of rotatable bonds is 5. The molecule has 5 aliphatic rings. The lowest BCUT2D eigenvalue weighted by Gasteiger charge is -2.31. The Morgan fingerprint density at radius 3 is 2.40 bits per heavy atom. The second kappa shape index (κ2) is 12.0. The van der Waals surface area contributed by atoms with Gasteiger partial charge in [0.05, 0.1) is 5.52 Å². The zero-order valence-electron chi connectivity index (χ0n) is 29.9. The highest BCUT2D eigenvalue weighted by Gasteiger charge is 2.36. The maximum absolute atomic E-state index is 2.54. The van der Waals surface area contributed by atoms with Crippen molar-refractivity contribution in [1.29, 1.82) is 0 Å². The number of anilines is 2. The Hall–Kier alpha value is -6.12. The molecule has 0 N–H and O–H groups in total. The van der Waals surface area contributed by atoms with Crippen LogP contribution in [0.5, 0.6) is 0 Å². The first-order chi connectivity index (χ1) is 26.2. The van der Waals surface area contributed by atoms with Gasteiger partial charge in [0.15, 0.2) is 0 Å². The van der Waals surface area contributed by atoms with Crippen molar-refractivity contribution in [2.45, 2.75) is 32.1 Å². The summed E-state index contributed by atoms with van der Waals surface area (Å²) in [6.07, 6.45) is 21.7. The number of hydrogen-bond acceptors (Lipinski definition) is 1. The summed E-state index contributed by atoms with van der Waals surface area (Å²) in [5.41, 5.74) is 17.4. The molecule has 0 bridgehead atoms. The number of para-hydroxylation sites is 2. The Kier molecular flexibility index (Phi) is 6.89. The molecule has 1 heterocycles. The van der Waals surface area contributed by atoms with Crippen molar-refractivity contribution in [1.82, 2.24) is 4.57 Å². The zero-order chi connectivity index (χ0) is 35.0. The predicted octanol–water partition coefficient (Wildman–Crippen LogP) is 10.9. The molecular formula is C51H40N2. The lowest BCUT2D eigenvalue weighted by Crippen LogP contribution is -2.34. The number of allylic oxidation sites excluding steroid dienone is 9. The summed E-state index contributed by atoms with van der Waals surface area (Å²) in [6, 6.07) is 45.4. The first-order valence-electron chi connectivity index (χ1n) is 19.2. The molecule has 53 heavy (non-hydrogen) atoms. The van der Waals surface area contributed by atoms with Crippen LogP contribution in [0.15, 0.2) is 169 Å². The van der Waals surface area contributed by atoms with Gasteiger partial charge >= 0.3 is 0 Å². The Labute approximate surface area is 311 Å². The number of aromatic nitrogens is 1. The van der Waals surface area contributed by atoms with Crippen LogP contribution in [0.4, 0.5) is 11.4 Å². The van der Waals surface area contributed by atoms with E-state index in [1.807, 2.05) is 0 Å². The summed E-state index contributed by atoms with van der Waals surface area (Å²) in [5, 5.41) is 4.03. The monoisotopic (exact) mass is 680 g/mol. The summed E-state index contributed by atoms with van der Waals surface area (Å²) in [4.78, 5) is 2.54. The first kappa shape index (κ1) is 30.5. The van der Waals surface area contributed by atoms with Crippen LogP contribution < -0.4 is 15.3 Å². The smallest absolute Gasteiger partial charge is 0.0537 e. The van der Waals surface area contributed by atoms with E-state index in [1.165, 1.54) is 88.8 Å². The molecule has 254 valence electrons. The van der Waals surface area contributed by atoms with Gasteiger partial charge in [-0.3, -0.25) is 0 Å². The molecule has 0 fully saturated rings. The van der Waals surface area contributed by atoms with Gasteiger partial charge in [0.25, 0.3) is 0 Å².